The van der Waals surface area contributed by atoms with Gasteiger partial charge in [-0.25, -0.2) is 0 Å². The summed E-state index contributed by atoms with van der Waals surface area (Å²) in [6.07, 6.45) is 0. The van der Waals surface area contributed by atoms with Gasteiger partial charge in [0, 0.05) is 16.1 Å². The summed E-state index contributed by atoms with van der Waals surface area (Å²) < 4.78 is 5.58. The summed E-state index contributed by atoms with van der Waals surface area (Å²) >= 11 is 3.56. The molecule has 0 bridgehead atoms. The van der Waals surface area contributed by atoms with Crippen molar-refractivity contribution >= 4 is 27.5 Å². The lowest BCUT2D eigenvalue weighted by atomic mass is 10.00. The molecule has 0 saturated carbocycles. The molecule has 0 fully saturated rings. The summed E-state index contributed by atoms with van der Waals surface area (Å²) in [6.45, 7) is 2.44. The minimum absolute atomic E-state index is 0.0273. The average Bonchev–Trinajstić information content (AvgIpc) is 2.91. The number of amides is 1. The third-order valence-electron chi connectivity index (χ3n) is 3.66. The summed E-state index contributed by atoms with van der Waals surface area (Å²) in [5.74, 6) is 0.528. The number of carbonyl (C=O) groups excluding carboxylic acids is 1. The molecular weight excluding hydrogens is 330 g/mol. The Labute approximate surface area is 132 Å². The Kier molecular flexibility index (Phi) is 3.97. The number of rotatable bonds is 3. The predicted molar refractivity (Wildman–Crippen MR) is 87.1 cm³/mol. The van der Waals surface area contributed by atoms with E-state index in [1.54, 1.807) is 0 Å². The standard InChI is InChI=1S/C17H16BrNO2/c1-11(18)12-6-2-4-8-15(12)19-17(20)14-10-21-16-9-5-3-7-13(14)16/h2-9,11,14H,10H2,1H3,(H,19,20). The molecule has 0 aromatic heterocycles. The SMILES string of the molecule is CC(Br)c1ccccc1NC(=O)C1COc2ccccc21. The number of nitrogens with one attached hydrogen (secondary N) is 1. The van der Waals surface area contributed by atoms with Gasteiger partial charge in [-0.2, -0.15) is 0 Å². The fourth-order valence-corrected chi connectivity index (χ4v) is 2.96. The van der Waals surface area contributed by atoms with Crippen LogP contribution in [0.4, 0.5) is 5.69 Å². The van der Waals surface area contributed by atoms with Crippen LogP contribution in [-0.4, -0.2) is 12.5 Å². The van der Waals surface area contributed by atoms with Crippen LogP contribution in [0.25, 0.3) is 0 Å². The Hall–Kier alpha value is -1.81. The molecule has 0 saturated heterocycles. The molecular formula is C17H16BrNO2. The molecule has 1 aliphatic heterocycles. The summed E-state index contributed by atoms with van der Waals surface area (Å²) in [5, 5.41) is 3.03. The number of benzene rings is 2. The fraction of sp³-hybridized carbons (Fsp3) is 0.235. The van der Waals surface area contributed by atoms with Gasteiger partial charge in [0.1, 0.15) is 18.3 Å². The number of anilines is 1. The van der Waals surface area contributed by atoms with Gasteiger partial charge in [-0.15, -0.1) is 0 Å². The van der Waals surface area contributed by atoms with Crippen molar-refractivity contribution in [3.8, 4) is 5.75 Å². The lowest BCUT2D eigenvalue weighted by Gasteiger charge is -2.15. The minimum atomic E-state index is -0.250. The fourth-order valence-electron chi connectivity index (χ4n) is 2.56. The first-order chi connectivity index (χ1) is 10.2. The number of ether oxygens (including phenoxy) is 1. The number of hydrogen-bond donors (Lipinski definition) is 1. The van der Waals surface area contributed by atoms with Crippen molar-refractivity contribution in [1.29, 1.82) is 0 Å². The molecule has 0 radical (unpaired) electrons. The third kappa shape index (κ3) is 2.81. The molecule has 0 spiro atoms. The Morgan fingerprint density at radius 3 is 2.76 bits per heavy atom. The van der Waals surface area contributed by atoms with Crippen LogP contribution in [0.5, 0.6) is 5.75 Å². The van der Waals surface area contributed by atoms with E-state index in [9.17, 15) is 4.79 Å². The van der Waals surface area contributed by atoms with Crippen LogP contribution in [-0.2, 0) is 4.79 Å². The Morgan fingerprint density at radius 2 is 1.95 bits per heavy atom. The highest BCUT2D eigenvalue weighted by atomic mass is 79.9. The predicted octanol–water partition coefficient (Wildman–Crippen LogP) is 4.26. The molecule has 2 unspecified atom stereocenters. The highest BCUT2D eigenvalue weighted by molar-refractivity contribution is 9.09. The van der Waals surface area contributed by atoms with E-state index in [0.717, 1.165) is 22.6 Å². The molecule has 3 rings (SSSR count). The van der Waals surface area contributed by atoms with Gasteiger partial charge in [0.2, 0.25) is 5.91 Å². The molecule has 4 heteroatoms. The first-order valence-corrected chi connectivity index (χ1v) is 7.84. The molecule has 0 aliphatic carbocycles. The highest BCUT2D eigenvalue weighted by Gasteiger charge is 2.30. The van der Waals surface area contributed by atoms with E-state index in [1.807, 2.05) is 55.5 Å². The van der Waals surface area contributed by atoms with Crippen molar-refractivity contribution in [2.75, 3.05) is 11.9 Å². The zero-order valence-corrected chi connectivity index (χ0v) is 13.3. The van der Waals surface area contributed by atoms with Gasteiger partial charge in [-0.1, -0.05) is 52.3 Å². The first-order valence-electron chi connectivity index (χ1n) is 6.92. The largest absolute Gasteiger partial charge is 0.492 e. The van der Waals surface area contributed by atoms with Gasteiger partial charge in [0.25, 0.3) is 0 Å². The Bertz CT molecular complexity index is 669. The van der Waals surface area contributed by atoms with Crippen LogP contribution in [0.3, 0.4) is 0 Å². The van der Waals surface area contributed by atoms with Crippen LogP contribution in [0.1, 0.15) is 28.8 Å². The number of fused-ring (bicyclic) bond motifs is 1. The van der Waals surface area contributed by atoms with Gasteiger partial charge < -0.3 is 10.1 Å². The van der Waals surface area contributed by atoms with Crippen molar-refractivity contribution in [1.82, 2.24) is 0 Å². The molecule has 1 amide bonds. The quantitative estimate of drug-likeness (QED) is 0.844. The maximum absolute atomic E-state index is 12.5. The number of halogens is 1. The third-order valence-corrected chi connectivity index (χ3v) is 4.16. The summed E-state index contributed by atoms with van der Waals surface area (Å²) in [6, 6.07) is 15.5. The second-order valence-electron chi connectivity index (χ2n) is 5.09. The molecule has 2 aromatic rings. The van der Waals surface area contributed by atoms with E-state index in [4.69, 9.17) is 4.74 Å². The lowest BCUT2D eigenvalue weighted by molar-refractivity contribution is -0.117. The number of hydrogen-bond acceptors (Lipinski definition) is 2. The molecule has 1 N–H and O–H groups in total. The van der Waals surface area contributed by atoms with E-state index >= 15 is 0 Å². The van der Waals surface area contributed by atoms with Crippen LogP contribution in [0, 0.1) is 0 Å². The second kappa shape index (κ2) is 5.90. The number of alkyl halides is 1. The van der Waals surface area contributed by atoms with E-state index in [2.05, 4.69) is 21.2 Å². The molecule has 1 aliphatic rings. The number of carbonyl (C=O) groups is 1. The van der Waals surface area contributed by atoms with Crippen molar-refractivity contribution in [3.63, 3.8) is 0 Å². The maximum Gasteiger partial charge on any atom is 0.235 e. The van der Waals surface area contributed by atoms with Crippen molar-refractivity contribution in [3.05, 3.63) is 59.7 Å². The topological polar surface area (TPSA) is 38.3 Å². The Morgan fingerprint density at radius 1 is 1.24 bits per heavy atom. The van der Waals surface area contributed by atoms with Crippen molar-refractivity contribution in [2.24, 2.45) is 0 Å². The van der Waals surface area contributed by atoms with Gasteiger partial charge in [0.05, 0.1) is 0 Å². The summed E-state index contributed by atoms with van der Waals surface area (Å²) in [4.78, 5) is 12.7. The molecule has 3 nitrogen and oxygen atoms in total. The lowest BCUT2D eigenvalue weighted by Crippen LogP contribution is -2.22. The maximum atomic E-state index is 12.5. The molecule has 108 valence electrons. The minimum Gasteiger partial charge on any atom is -0.492 e. The molecule has 2 aromatic carbocycles. The van der Waals surface area contributed by atoms with Crippen LogP contribution < -0.4 is 10.1 Å². The summed E-state index contributed by atoms with van der Waals surface area (Å²) in [7, 11) is 0. The van der Waals surface area contributed by atoms with Crippen molar-refractivity contribution < 1.29 is 9.53 Å². The van der Waals surface area contributed by atoms with E-state index in [1.165, 1.54) is 0 Å². The van der Waals surface area contributed by atoms with E-state index in [-0.39, 0.29) is 16.7 Å². The first kappa shape index (κ1) is 14.1. The molecule has 1 heterocycles. The van der Waals surface area contributed by atoms with Gasteiger partial charge in [0.15, 0.2) is 0 Å². The van der Waals surface area contributed by atoms with E-state index in [0.29, 0.717) is 6.61 Å². The molecule has 2 atom stereocenters. The van der Waals surface area contributed by atoms with Gasteiger partial charge in [-0.05, 0) is 24.6 Å². The van der Waals surface area contributed by atoms with Crippen LogP contribution in [0.2, 0.25) is 0 Å². The van der Waals surface area contributed by atoms with Crippen LogP contribution >= 0.6 is 15.9 Å². The zero-order chi connectivity index (χ0) is 14.8. The van der Waals surface area contributed by atoms with Gasteiger partial charge in [-0.3, -0.25) is 4.79 Å². The monoisotopic (exact) mass is 345 g/mol. The number of para-hydroxylation sites is 2. The second-order valence-corrected chi connectivity index (χ2v) is 6.47. The highest BCUT2D eigenvalue weighted by Crippen LogP contribution is 2.35. The van der Waals surface area contributed by atoms with E-state index < -0.39 is 0 Å². The zero-order valence-electron chi connectivity index (χ0n) is 11.7. The smallest absolute Gasteiger partial charge is 0.235 e. The molecule has 21 heavy (non-hydrogen) atoms. The van der Waals surface area contributed by atoms with Gasteiger partial charge >= 0.3 is 0 Å². The Balaban J connectivity index is 1.82. The average molecular weight is 346 g/mol. The normalized spacial score (nSPS) is 17.7. The van der Waals surface area contributed by atoms with Crippen molar-refractivity contribution in [2.45, 2.75) is 17.7 Å². The van der Waals surface area contributed by atoms with Crippen LogP contribution in [0.15, 0.2) is 48.5 Å². The summed E-state index contributed by atoms with van der Waals surface area (Å²) in [5.41, 5.74) is 2.87.